The van der Waals surface area contributed by atoms with Gasteiger partial charge in [0.05, 0.1) is 0 Å². The number of hydrogen-bond acceptors (Lipinski definition) is 0. The highest BCUT2D eigenvalue weighted by atomic mass is 14.4. The summed E-state index contributed by atoms with van der Waals surface area (Å²) in [6.45, 7) is 6.15. The first kappa shape index (κ1) is 12.7. The summed E-state index contributed by atoms with van der Waals surface area (Å²) < 4.78 is 0. The maximum Gasteiger partial charge on any atom is 0.0309 e. The van der Waals surface area contributed by atoms with Crippen molar-refractivity contribution in [3.05, 3.63) is 95.7 Å². The molecule has 1 aliphatic carbocycles. The Morgan fingerprint density at radius 3 is 1.90 bits per heavy atom. The largest absolute Gasteiger partial charge is 0.112 e. The van der Waals surface area contributed by atoms with Crippen LogP contribution in [0.4, 0.5) is 0 Å². The molecule has 0 radical (unpaired) electrons. The normalized spacial score (nSPS) is 20.1. The number of rotatable bonds is 3. The molecule has 0 N–H and O–H groups in total. The number of benzene rings is 2. The lowest BCUT2D eigenvalue weighted by atomic mass is 9.98. The Morgan fingerprint density at radius 1 is 1.00 bits per heavy atom. The van der Waals surface area contributed by atoms with Crippen molar-refractivity contribution in [1.82, 2.24) is 0 Å². The van der Waals surface area contributed by atoms with E-state index in [1.807, 2.05) is 18.2 Å². The Balaban J connectivity index is 2.17. The third-order valence-electron chi connectivity index (χ3n) is 3.96. The van der Waals surface area contributed by atoms with Crippen LogP contribution < -0.4 is 0 Å². The zero-order valence-corrected chi connectivity index (χ0v) is 11.8. The Hall–Kier alpha value is -2.30. The van der Waals surface area contributed by atoms with E-state index in [2.05, 4.69) is 67.8 Å². The first-order chi connectivity index (χ1) is 9.73. The van der Waals surface area contributed by atoms with Gasteiger partial charge < -0.3 is 0 Å². The molecule has 0 heteroatoms. The molecule has 98 valence electrons. The number of hydrogen-bond donors (Lipinski definition) is 0. The zero-order chi connectivity index (χ0) is 14.0. The third-order valence-corrected chi connectivity index (χ3v) is 3.96. The summed E-state index contributed by atoms with van der Waals surface area (Å²) in [7, 11) is 0. The van der Waals surface area contributed by atoms with Gasteiger partial charge in [-0.25, -0.2) is 0 Å². The topological polar surface area (TPSA) is 0 Å². The van der Waals surface area contributed by atoms with Crippen LogP contribution >= 0.6 is 0 Å². The van der Waals surface area contributed by atoms with Crippen molar-refractivity contribution < 1.29 is 0 Å². The van der Waals surface area contributed by atoms with Crippen LogP contribution in [0.2, 0.25) is 0 Å². The molecule has 3 rings (SSSR count). The minimum atomic E-state index is 0.148. The lowest BCUT2D eigenvalue weighted by Crippen LogP contribution is -1.87. The van der Waals surface area contributed by atoms with E-state index in [9.17, 15) is 0 Å². The quantitative estimate of drug-likeness (QED) is 0.521. The van der Waals surface area contributed by atoms with Crippen LogP contribution in [0, 0.1) is 5.41 Å². The van der Waals surface area contributed by atoms with Crippen LogP contribution in [0.1, 0.15) is 24.5 Å². The molecule has 1 atom stereocenters. The first-order valence-corrected chi connectivity index (χ1v) is 6.98. The molecule has 0 aliphatic heterocycles. The fraction of sp³-hybridized carbons (Fsp3) is 0.150. The number of allylic oxidation sites excluding steroid dienone is 2. The van der Waals surface area contributed by atoms with Gasteiger partial charge in [0.1, 0.15) is 0 Å². The van der Waals surface area contributed by atoms with Gasteiger partial charge in [-0.2, -0.15) is 0 Å². The van der Waals surface area contributed by atoms with Gasteiger partial charge in [-0.3, -0.25) is 0 Å². The lowest BCUT2D eigenvalue weighted by Gasteiger charge is -2.05. The smallest absolute Gasteiger partial charge is 0.0309 e. The Morgan fingerprint density at radius 2 is 1.50 bits per heavy atom. The minimum Gasteiger partial charge on any atom is -0.112 e. The van der Waals surface area contributed by atoms with Crippen LogP contribution in [0.3, 0.4) is 0 Å². The van der Waals surface area contributed by atoms with Crippen molar-refractivity contribution in [1.29, 1.82) is 0 Å². The second-order valence-electron chi connectivity index (χ2n) is 5.51. The van der Waals surface area contributed by atoms with Crippen molar-refractivity contribution in [3.8, 4) is 0 Å². The maximum atomic E-state index is 3.93. The van der Waals surface area contributed by atoms with E-state index < -0.39 is 0 Å². The Bertz CT molecular complexity index is 644. The van der Waals surface area contributed by atoms with Gasteiger partial charge >= 0.3 is 0 Å². The highest BCUT2D eigenvalue weighted by Crippen LogP contribution is 2.52. The van der Waals surface area contributed by atoms with E-state index in [0.717, 1.165) is 6.42 Å². The zero-order valence-electron chi connectivity index (χ0n) is 11.8. The summed E-state index contributed by atoms with van der Waals surface area (Å²) in [5, 5.41) is 0. The highest BCUT2D eigenvalue weighted by molar-refractivity contribution is 5.80. The molecule has 0 nitrogen and oxygen atoms in total. The monoisotopic (exact) mass is 258 g/mol. The Kier molecular flexibility index (Phi) is 3.18. The van der Waals surface area contributed by atoms with Crippen LogP contribution in [0.15, 0.2) is 84.6 Å². The van der Waals surface area contributed by atoms with E-state index in [4.69, 9.17) is 0 Å². The van der Waals surface area contributed by atoms with Gasteiger partial charge in [0.2, 0.25) is 0 Å². The second kappa shape index (κ2) is 5.00. The molecule has 20 heavy (non-hydrogen) atoms. The average Bonchev–Trinajstić information content (AvgIpc) is 3.17. The minimum absolute atomic E-state index is 0.148. The van der Waals surface area contributed by atoms with Gasteiger partial charge in [0.15, 0.2) is 0 Å². The molecule has 0 spiro atoms. The average molecular weight is 258 g/mol. The molecule has 0 heterocycles. The fourth-order valence-electron chi connectivity index (χ4n) is 2.38. The summed E-state index contributed by atoms with van der Waals surface area (Å²) >= 11 is 0. The van der Waals surface area contributed by atoms with E-state index in [0.29, 0.717) is 0 Å². The van der Waals surface area contributed by atoms with Crippen LogP contribution in [0.5, 0.6) is 0 Å². The molecule has 2 aromatic rings. The van der Waals surface area contributed by atoms with Gasteiger partial charge in [0, 0.05) is 11.0 Å². The molecular formula is C20H18. The van der Waals surface area contributed by atoms with Crippen molar-refractivity contribution in [2.75, 3.05) is 0 Å². The van der Waals surface area contributed by atoms with Crippen LogP contribution in [-0.2, 0) is 0 Å². The molecule has 0 aromatic heterocycles. The van der Waals surface area contributed by atoms with E-state index in [1.165, 1.54) is 22.3 Å². The summed E-state index contributed by atoms with van der Waals surface area (Å²) in [6.07, 6.45) is 3.10. The molecular weight excluding hydrogens is 240 g/mol. The molecule has 1 unspecified atom stereocenters. The van der Waals surface area contributed by atoms with Crippen molar-refractivity contribution in [3.63, 3.8) is 0 Å². The molecule has 0 saturated heterocycles. The Labute approximate surface area is 120 Å². The molecule has 1 fully saturated rings. The predicted octanol–water partition coefficient (Wildman–Crippen LogP) is 5.24. The van der Waals surface area contributed by atoms with Crippen molar-refractivity contribution >= 4 is 5.57 Å². The summed E-state index contributed by atoms with van der Waals surface area (Å²) in [4.78, 5) is 0. The maximum absolute atomic E-state index is 3.93. The molecule has 1 aliphatic rings. The molecule has 2 aromatic carbocycles. The van der Waals surface area contributed by atoms with Crippen molar-refractivity contribution in [2.45, 2.75) is 13.3 Å². The third kappa shape index (κ3) is 2.39. The van der Waals surface area contributed by atoms with Crippen LogP contribution in [-0.4, -0.2) is 0 Å². The molecule has 0 amide bonds. The van der Waals surface area contributed by atoms with Crippen molar-refractivity contribution in [2.24, 2.45) is 5.41 Å². The summed E-state index contributed by atoms with van der Waals surface area (Å²) in [5.74, 6) is 0. The molecule has 1 saturated carbocycles. The summed E-state index contributed by atoms with van der Waals surface area (Å²) in [6, 6.07) is 21.0. The lowest BCUT2D eigenvalue weighted by molar-refractivity contribution is 0.787. The highest BCUT2D eigenvalue weighted by Gasteiger charge is 2.41. The van der Waals surface area contributed by atoms with Gasteiger partial charge in [-0.05, 0) is 23.1 Å². The summed E-state index contributed by atoms with van der Waals surface area (Å²) in [5.41, 5.74) is 8.72. The van der Waals surface area contributed by atoms with Crippen LogP contribution in [0.25, 0.3) is 5.57 Å². The standard InChI is InChI=1S/C20H18/c1-3-20(2)15-18(20)14-19(16-10-6-4-7-11-16)17-12-8-5-9-13-17/h3-13H,1,15H2,2H3. The van der Waals surface area contributed by atoms with E-state index in [1.54, 1.807) is 0 Å². The van der Waals surface area contributed by atoms with Gasteiger partial charge in [0.25, 0.3) is 0 Å². The van der Waals surface area contributed by atoms with E-state index >= 15 is 0 Å². The van der Waals surface area contributed by atoms with E-state index in [-0.39, 0.29) is 5.41 Å². The molecule has 0 bridgehead atoms. The fourth-order valence-corrected chi connectivity index (χ4v) is 2.38. The first-order valence-electron chi connectivity index (χ1n) is 6.98. The SMILES string of the molecule is C=CC1(C)CC1=C=C(c1ccccc1)c1ccccc1. The van der Waals surface area contributed by atoms with Gasteiger partial charge in [-0.1, -0.05) is 73.7 Å². The van der Waals surface area contributed by atoms with Gasteiger partial charge in [-0.15, -0.1) is 12.3 Å². The predicted molar refractivity (Wildman–Crippen MR) is 85.3 cm³/mol. The second-order valence-corrected chi connectivity index (χ2v) is 5.51.